The fourth-order valence-corrected chi connectivity index (χ4v) is 2.84. The summed E-state index contributed by atoms with van der Waals surface area (Å²) in [5.74, 6) is 0.801. The van der Waals surface area contributed by atoms with E-state index in [9.17, 15) is 10.1 Å². The van der Waals surface area contributed by atoms with Gasteiger partial charge in [0.15, 0.2) is 0 Å². The Morgan fingerprint density at radius 1 is 1.24 bits per heavy atom. The highest BCUT2D eigenvalue weighted by Gasteiger charge is 2.06. The first kappa shape index (κ1) is 15.5. The van der Waals surface area contributed by atoms with Crippen LogP contribution in [-0.4, -0.2) is 12.0 Å². The number of benzene rings is 2. The molecule has 0 aliphatic rings. The molecule has 0 saturated carbocycles. The monoisotopic (exact) mass is 302 g/mol. The Hall–Kier alpha value is -1.85. The molecule has 0 aromatic heterocycles. The zero-order chi connectivity index (χ0) is 15.2. The van der Waals surface area contributed by atoms with E-state index in [1.165, 1.54) is 10.5 Å². The lowest BCUT2D eigenvalue weighted by molar-refractivity contribution is -0.384. The van der Waals surface area contributed by atoms with Crippen molar-refractivity contribution in [2.24, 2.45) is 0 Å². The Bertz CT molecular complexity index is 614. The highest BCUT2D eigenvalue weighted by molar-refractivity contribution is 7.98. The van der Waals surface area contributed by atoms with Gasteiger partial charge in [-0.15, -0.1) is 11.8 Å². The van der Waals surface area contributed by atoms with Crippen molar-refractivity contribution in [3.05, 3.63) is 69.8 Å². The summed E-state index contributed by atoms with van der Waals surface area (Å²) >= 11 is 1.73. The zero-order valence-corrected chi connectivity index (χ0v) is 12.9. The average Bonchev–Trinajstić information content (AvgIpc) is 2.52. The van der Waals surface area contributed by atoms with Crippen LogP contribution in [0.4, 0.5) is 5.69 Å². The molecule has 0 bridgehead atoms. The van der Waals surface area contributed by atoms with Crippen molar-refractivity contribution in [3.63, 3.8) is 0 Å². The third kappa shape index (κ3) is 4.31. The largest absolute Gasteiger partial charge is 0.313 e. The van der Waals surface area contributed by atoms with Crippen molar-refractivity contribution in [3.8, 4) is 0 Å². The van der Waals surface area contributed by atoms with Gasteiger partial charge in [-0.1, -0.05) is 24.3 Å². The van der Waals surface area contributed by atoms with E-state index in [1.54, 1.807) is 23.9 Å². The van der Waals surface area contributed by atoms with E-state index in [0.717, 1.165) is 11.3 Å². The fourth-order valence-electron chi connectivity index (χ4n) is 1.92. The normalized spacial score (nSPS) is 12.1. The number of nitro groups is 1. The van der Waals surface area contributed by atoms with E-state index in [-0.39, 0.29) is 10.6 Å². The predicted molar refractivity (Wildman–Crippen MR) is 86.6 cm³/mol. The van der Waals surface area contributed by atoms with Crippen molar-refractivity contribution in [1.82, 2.24) is 5.32 Å². The standard InChI is InChI=1S/C16H18N2O2S/c1-12(17-2)14-4-3-5-16(10-14)21-11-13-6-8-15(9-7-13)18(19)20/h3-10,12,17H,11H2,1-2H3. The maximum absolute atomic E-state index is 10.6. The third-order valence-corrected chi connectivity index (χ3v) is 4.41. The molecule has 1 N–H and O–H groups in total. The maximum atomic E-state index is 10.6. The summed E-state index contributed by atoms with van der Waals surface area (Å²) in [6, 6.07) is 15.5. The number of nitrogens with one attached hydrogen (secondary N) is 1. The first-order chi connectivity index (χ1) is 10.1. The summed E-state index contributed by atoms with van der Waals surface area (Å²) < 4.78 is 0. The molecule has 1 unspecified atom stereocenters. The molecule has 21 heavy (non-hydrogen) atoms. The molecular weight excluding hydrogens is 284 g/mol. The van der Waals surface area contributed by atoms with Gasteiger partial charge in [0, 0.05) is 28.8 Å². The highest BCUT2D eigenvalue weighted by atomic mass is 32.2. The van der Waals surface area contributed by atoms with Crippen LogP contribution in [-0.2, 0) is 5.75 Å². The molecule has 110 valence electrons. The number of nitrogens with zero attached hydrogens (tertiary/aromatic N) is 1. The van der Waals surface area contributed by atoms with Gasteiger partial charge in [-0.05, 0) is 37.2 Å². The number of non-ortho nitro benzene ring substituents is 1. The van der Waals surface area contributed by atoms with Crippen LogP contribution in [0.1, 0.15) is 24.1 Å². The highest BCUT2D eigenvalue weighted by Crippen LogP contribution is 2.26. The minimum absolute atomic E-state index is 0.133. The molecule has 4 nitrogen and oxygen atoms in total. The average molecular weight is 302 g/mol. The SMILES string of the molecule is CNC(C)c1cccc(SCc2ccc([N+](=O)[O-])cc2)c1. The van der Waals surface area contributed by atoms with Crippen LogP contribution in [0.2, 0.25) is 0 Å². The summed E-state index contributed by atoms with van der Waals surface area (Å²) in [5.41, 5.74) is 2.47. The number of hydrogen-bond donors (Lipinski definition) is 1. The van der Waals surface area contributed by atoms with E-state index in [4.69, 9.17) is 0 Å². The van der Waals surface area contributed by atoms with Crippen LogP contribution in [0.15, 0.2) is 53.4 Å². The smallest absolute Gasteiger partial charge is 0.269 e. The van der Waals surface area contributed by atoms with Gasteiger partial charge in [0.05, 0.1) is 4.92 Å². The Morgan fingerprint density at radius 2 is 1.95 bits per heavy atom. The summed E-state index contributed by atoms with van der Waals surface area (Å²) in [5, 5.41) is 13.8. The molecule has 0 spiro atoms. The number of hydrogen-bond acceptors (Lipinski definition) is 4. The lowest BCUT2D eigenvalue weighted by Gasteiger charge is -2.11. The van der Waals surface area contributed by atoms with E-state index in [2.05, 4.69) is 36.5 Å². The van der Waals surface area contributed by atoms with Gasteiger partial charge in [0.1, 0.15) is 0 Å². The Morgan fingerprint density at radius 3 is 2.57 bits per heavy atom. The van der Waals surface area contributed by atoms with E-state index in [1.807, 2.05) is 19.2 Å². The third-order valence-electron chi connectivity index (χ3n) is 3.34. The second-order valence-corrected chi connectivity index (χ2v) is 5.84. The molecular formula is C16H18N2O2S. The van der Waals surface area contributed by atoms with Gasteiger partial charge >= 0.3 is 0 Å². The number of nitro benzene ring substituents is 1. The lowest BCUT2D eigenvalue weighted by atomic mass is 10.1. The molecule has 0 saturated heterocycles. The molecule has 0 radical (unpaired) electrons. The van der Waals surface area contributed by atoms with Crippen molar-refractivity contribution >= 4 is 17.4 Å². The first-order valence-electron chi connectivity index (χ1n) is 6.73. The summed E-state index contributed by atoms with van der Waals surface area (Å²) in [7, 11) is 1.95. The van der Waals surface area contributed by atoms with Gasteiger partial charge < -0.3 is 5.32 Å². The van der Waals surface area contributed by atoms with Crippen molar-refractivity contribution in [2.45, 2.75) is 23.6 Å². The molecule has 0 amide bonds. The van der Waals surface area contributed by atoms with Gasteiger partial charge in [0.2, 0.25) is 0 Å². The quantitative estimate of drug-likeness (QED) is 0.494. The molecule has 5 heteroatoms. The molecule has 0 fully saturated rings. The Balaban J connectivity index is 2.01. The second kappa shape index (κ2) is 7.24. The van der Waals surface area contributed by atoms with Gasteiger partial charge in [-0.25, -0.2) is 0 Å². The summed E-state index contributed by atoms with van der Waals surface area (Å²) in [6.07, 6.45) is 0. The minimum Gasteiger partial charge on any atom is -0.313 e. The van der Waals surface area contributed by atoms with Crippen molar-refractivity contribution in [1.29, 1.82) is 0 Å². The molecule has 0 heterocycles. The van der Waals surface area contributed by atoms with Gasteiger partial charge in [-0.3, -0.25) is 10.1 Å². The Kier molecular flexibility index (Phi) is 5.36. The lowest BCUT2D eigenvalue weighted by Crippen LogP contribution is -2.11. The summed E-state index contributed by atoms with van der Waals surface area (Å²) in [6.45, 7) is 2.13. The number of thioether (sulfide) groups is 1. The van der Waals surface area contributed by atoms with E-state index in [0.29, 0.717) is 6.04 Å². The second-order valence-electron chi connectivity index (χ2n) is 4.80. The van der Waals surface area contributed by atoms with Crippen molar-refractivity contribution in [2.75, 3.05) is 7.05 Å². The van der Waals surface area contributed by atoms with Crippen LogP contribution in [0.5, 0.6) is 0 Å². The van der Waals surface area contributed by atoms with Crippen LogP contribution < -0.4 is 5.32 Å². The fraction of sp³-hybridized carbons (Fsp3) is 0.250. The topological polar surface area (TPSA) is 55.2 Å². The van der Waals surface area contributed by atoms with Crippen LogP contribution in [0.25, 0.3) is 0 Å². The van der Waals surface area contributed by atoms with Crippen LogP contribution in [0.3, 0.4) is 0 Å². The van der Waals surface area contributed by atoms with Gasteiger partial charge in [0.25, 0.3) is 5.69 Å². The summed E-state index contributed by atoms with van der Waals surface area (Å²) in [4.78, 5) is 11.4. The zero-order valence-electron chi connectivity index (χ0n) is 12.1. The molecule has 0 aliphatic heterocycles. The molecule has 2 aromatic rings. The van der Waals surface area contributed by atoms with Gasteiger partial charge in [-0.2, -0.15) is 0 Å². The molecule has 2 rings (SSSR count). The number of rotatable bonds is 6. The Labute approximate surface area is 128 Å². The maximum Gasteiger partial charge on any atom is 0.269 e. The van der Waals surface area contributed by atoms with E-state index < -0.39 is 0 Å². The van der Waals surface area contributed by atoms with Crippen LogP contribution >= 0.6 is 11.8 Å². The minimum atomic E-state index is -0.375. The van der Waals surface area contributed by atoms with E-state index >= 15 is 0 Å². The predicted octanol–water partition coefficient (Wildman–Crippen LogP) is 4.17. The van der Waals surface area contributed by atoms with Crippen molar-refractivity contribution < 1.29 is 4.92 Å². The molecule has 2 aromatic carbocycles. The van der Waals surface area contributed by atoms with Crippen LogP contribution in [0, 0.1) is 10.1 Å². The molecule has 1 atom stereocenters. The molecule has 0 aliphatic carbocycles. The first-order valence-corrected chi connectivity index (χ1v) is 7.72.